The molecule has 0 aliphatic carbocycles. The van der Waals surface area contributed by atoms with E-state index in [4.69, 9.17) is 0 Å². The zero-order chi connectivity index (χ0) is 10.7. The molecule has 1 N–H and O–H groups in total. The number of aliphatic hydroxyl groups is 1. The Kier molecular flexibility index (Phi) is 2.52. The highest BCUT2D eigenvalue weighted by molar-refractivity contribution is 5.33. The minimum atomic E-state index is -0.954. The molecule has 1 heterocycles. The number of hydrogen-bond donors (Lipinski definition) is 1. The van der Waals surface area contributed by atoms with Crippen LogP contribution in [0.25, 0.3) is 0 Å². The van der Waals surface area contributed by atoms with E-state index in [0.717, 1.165) is 11.1 Å². The molecule has 0 amide bonds. The Morgan fingerprint density at radius 3 is 2.07 bits per heavy atom. The molecule has 2 rings (SSSR count). The van der Waals surface area contributed by atoms with Crippen molar-refractivity contribution in [2.45, 2.75) is 12.5 Å². The predicted molar refractivity (Wildman–Crippen MR) is 59.4 cm³/mol. The van der Waals surface area contributed by atoms with Gasteiger partial charge in [-0.25, -0.2) is 0 Å². The third-order valence-corrected chi connectivity index (χ3v) is 2.58. The van der Waals surface area contributed by atoms with E-state index in [9.17, 15) is 5.11 Å². The molecule has 0 saturated heterocycles. The van der Waals surface area contributed by atoms with Crippen LogP contribution in [0.2, 0.25) is 0 Å². The Bertz CT molecular complexity index is 381. The van der Waals surface area contributed by atoms with Crippen LogP contribution in [0, 0.1) is 0 Å². The molecular formula is C13H13NO. The van der Waals surface area contributed by atoms with E-state index in [1.54, 1.807) is 19.3 Å². The highest BCUT2D eigenvalue weighted by atomic mass is 16.3. The van der Waals surface area contributed by atoms with Crippen LogP contribution in [0.15, 0.2) is 54.9 Å². The number of benzene rings is 1. The van der Waals surface area contributed by atoms with Gasteiger partial charge in [-0.15, -0.1) is 0 Å². The highest BCUT2D eigenvalue weighted by Gasteiger charge is 2.24. The molecule has 0 aliphatic heterocycles. The molecule has 0 unspecified atom stereocenters. The summed E-state index contributed by atoms with van der Waals surface area (Å²) in [6.45, 7) is 1.79. The van der Waals surface area contributed by atoms with Gasteiger partial charge in [-0.3, -0.25) is 4.98 Å². The van der Waals surface area contributed by atoms with E-state index < -0.39 is 5.60 Å². The second-order valence-corrected chi connectivity index (χ2v) is 3.67. The van der Waals surface area contributed by atoms with Gasteiger partial charge in [0.2, 0.25) is 0 Å². The van der Waals surface area contributed by atoms with Crippen molar-refractivity contribution in [3.05, 3.63) is 66.0 Å². The highest BCUT2D eigenvalue weighted by Crippen LogP contribution is 2.27. The first-order valence-corrected chi connectivity index (χ1v) is 4.89. The summed E-state index contributed by atoms with van der Waals surface area (Å²) in [6.07, 6.45) is 3.37. The standard InChI is InChI=1S/C13H13NO/c1-13(15,11-5-3-2-4-6-11)12-7-9-14-10-8-12/h2-10,15H,1H3/t13-/m1/s1. The van der Waals surface area contributed by atoms with Crippen molar-refractivity contribution < 1.29 is 5.11 Å². The van der Waals surface area contributed by atoms with Gasteiger partial charge in [0, 0.05) is 12.4 Å². The summed E-state index contributed by atoms with van der Waals surface area (Å²) in [4.78, 5) is 3.94. The van der Waals surface area contributed by atoms with Crippen molar-refractivity contribution in [1.82, 2.24) is 4.98 Å². The van der Waals surface area contributed by atoms with Gasteiger partial charge in [-0.05, 0) is 30.2 Å². The molecule has 0 aliphatic rings. The first kappa shape index (κ1) is 9.87. The second-order valence-electron chi connectivity index (χ2n) is 3.67. The van der Waals surface area contributed by atoms with Gasteiger partial charge in [0.15, 0.2) is 0 Å². The largest absolute Gasteiger partial charge is 0.381 e. The van der Waals surface area contributed by atoms with Crippen molar-refractivity contribution in [3.63, 3.8) is 0 Å². The fraction of sp³-hybridized carbons (Fsp3) is 0.154. The van der Waals surface area contributed by atoms with E-state index in [1.807, 2.05) is 42.5 Å². The lowest BCUT2D eigenvalue weighted by Gasteiger charge is -2.24. The maximum absolute atomic E-state index is 10.4. The fourth-order valence-corrected chi connectivity index (χ4v) is 1.61. The van der Waals surface area contributed by atoms with Gasteiger partial charge in [-0.2, -0.15) is 0 Å². The Labute approximate surface area is 89.2 Å². The summed E-state index contributed by atoms with van der Waals surface area (Å²) in [7, 11) is 0. The molecule has 15 heavy (non-hydrogen) atoms. The van der Waals surface area contributed by atoms with Crippen LogP contribution >= 0.6 is 0 Å². The predicted octanol–water partition coefficient (Wildman–Crippen LogP) is 2.34. The van der Waals surface area contributed by atoms with Crippen LogP contribution in [0.5, 0.6) is 0 Å². The van der Waals surface area contributed by atoms with E-state index in [2.05, 4.69) is 4.98 Å². The zero-order valence-corrected chi connectivity index (χ0v) is 8.59. The molecular weight excluding hydrogens is 186 g/mol. The molecule has 2 nitrogen and oxygen atoms in total. The van der Waals surface area contributed by atoms with Crippen molar-refractivity contribution in [2.24, 2.45) is 0 Å². The van der Waals surface area contributed by atoms with Crippen LogP contribution in [0.1, 0.15) is 18.1 Å². The van der Waals surface area contributed by atoms with Gasteiger partial charge < -0.3 is 5.11 Å². The second kappa shape index (κ2) is 3.83. The third kappa shape index (κ3) is 1.90. The van der Waals surface area contributed by atoms with Crippen molar-refractivity contribution >= 4 is 0 Å². The van der Waals surface area contributed by atoms with Gasteiger partial charge in [-0.1, -0.05) is 30.3 Å². The number of pyridine rings is 1. The summed E-state index contributed by atoms with van der Waals surface area (Å²) in [5.74, 6) is 0. The van der Waals surface area contributed by atoms with Gasteiger partial charge in [0.1, 0.15) is 5.60 Å². The summed E-state index contributed by atoms with van der Waals surface area (Å²) in [6, 6.07) is 13.3. The minimum absolute atomic E-state index is 0.851. The lowest BCUT2D eigenvalue weighted by atomic mass is 9.89. The number of hydrogen-bond acceptors (Lipinski definition) is 2. The molecule has 2 heteroatoms. The summed E-state index contributed by atoms with van der Waals surface area (Å²) >= 11 is 0. The van der Waals surface area contributed by atoms with E-state index in [0.29, 0.717) is 0 Å². The normalized spacial score (nSPS) is 14.5. The number of nitrogens with zero attached hydrogens (tertiary/aromatic N) is 1. The molecule has 1 aromatic carbocycles. The molecule has 2 aromatic rings. The Hall–Kier alpha value is -1.67. The smallest absolute Gasteiger partial charge is 0.112 e. The molecule has 0 bridgehead atoms. The Morgan fingerprint density at radius 1 is 0.933 bits per heavy atom. The maximum Gasteiger partial charge on any atom is 0.112 e. The van der Waals surface area contributed by atoms with E-state index >= 15 is 0 Å². The topological polar surface area (TPSA) is 33.1 Å². The number of aromatic nitrogens is 1. The fourth-order valence-electron chi connectivity index (χ4n) is 1.61. The number of rotatable bonds is 2. The molecule has 0 fully saturated rings. The third-order valence-electron chi connectivity index (χ3n) is 2.58. The van der Waals surface area contributed by atoms with Crippen LogP contribution < -0.4 is 0 Å². The van der Waals surface area contributed by atoms with Crippen molar-refractivity contribution in [1.29, 1.82) is 0 Å². The lowest BCUT2D eigenvalue weighted by Crippen LogP contribution is -2.22. The lowest BCUT2D eigenvalue weighted by molar-refractivity contribution is 0.102. The van der Waals surface area contributed by atoms with Crippen molar-refractivity contribution in [2.75, 3.05) is 0 Å². The van der Waals surface area contributed by atoms with E-state index in [-0.39, 0.29) is 0 Å². The zero-order valence-electron chi connectivity index (χ0n) is 8.59. The molecule has 76 valence electrons. The first-order chi connectivity index (χ1) is 7.21. The van der Waals surface area contributed by atoms with Crippen LogP contribution in [-0.4, -0.2) is 10.1 Å². The molecule has 0 saturated carbocycles. The monoisotopic (exact) mass is 199 g/mol. The van der Waals surface area contributed by atoms with Crippen LogP contribution in [-0.2, 0) is 5.60 Å². The maximum atomic E-state index is 10.4. The molecule has 0 spiro atoms. The Balaban J connectivity index is 2.44. The summed E-state index contributed by atoms with van der Waals surface area (Å²) in [5.41, 5.74) is 0.782. The van der Waals surface area contributed by atoms with E-state index in [1.165, 1.54) is 0 Å². The van der Waals surface area contributed by atoms with Crippen LogP contribution in [0.3, 0.4) is 0 Å². The quantitative estimate of drug-likeness (QED) is 0.805. The molecule has 1 aromatic heterocycles. The SMILES string of the molecule is C[C@@](O)(c1ccccc1)c1ccncc1. The Morgan fingerprint density at radius 2 is 1.47 bits per heavy atom. The van der Waals surface area contributed by atoms with Crippen LogP contribution in [0.4, 0.5) is 0 Å². The van der Waals surface area contributed by atoms with Gasteiger partial charge in [0.05, 0.1) is 0 Å². The minimum Gasteiger partial charge on any atom is -0.381 e. The van der Waals surface area contributed by atoms with Gasteiger partial charge in [0.25, 0.3) is 0 Å². The molecule has 1 atom stereocenters. The summed E-state index contributed by atoms with van der Waals surface area (Å²) < 4.78 is 0. The average molecular weight is 199 g/mol. The average Bonchev–Trinajstić information content (AvgIpc) is 2.31. The molecule has 0 radical (unpaired) electrons. The van der Waals surface area contributed by atoms with Crippen molar-refractivity contribution in [3.8, 4) is 0 Å². The first-order valence-electron chi connectivity index (χ1n) is 4.89. The van der Waals surface area contributed by atoms with Gasteiger partial charge >= 0.3 is 0 Å². The summed E-state index contributed by atoms with van der Waals surface area (Å²) in [5, 5.41) is 10.4.